The van der Waals surface area contributed by atoms with E-state index in [1.165, 1.54) is 64.2 Å². The van der Waals surface area contributed by atoms with Crippen molar-refractivity contribution >= 4 is 18.0 Å². The predicted molar refractivity (Wildman–Crippen MR) is 169 cm³/mol. The highest BCUT2D eigenvalue weighted by Gasteiger charge is 2.40. The molecule has 0 unspecified atom stereocenters. The molecule has 1 aliphatic rings. The minimum atomic E-state index is -1.23. The van der Waals surface area contributed by atoms with E-state index >= 15 is 0 Å². The van der Waals surface area contributed by atoms with Crippen molar-refractivity contribution < 1.29 is 29.0 Å². The van der Waals surface area contributed by atoms with Crippen LogP contribution in [0.4, 0.5) is 0 Å². The maximum atomic E-state index is 12.5. The predicted octanol–water partition coefficient (Wildman–Crippen LogP) is 8.42. The Bertz CT molecular complexity index is 1030. The lowest BCUT2D eigenvalue weighted by Crippen LogP contribution is -2.37. The number of aliphatic hydroxyl groups is 1. The van der Waals surface area contributed by atoms with Crippen molar-refractivity contribution in [1.29, 1.82) is 0 Å². The van der Waals surface area contributed by atoms with E-state index < -0.39 is 5.60 Å². The number of allylic oxidation sites excluding steroid dienone is 2. The number of ether oxygens (including phenoxy) is 2. The fraction of sp³-hybridized carbons (Fsp3) is 0.694. The number of unbranched alkanes of at least 4 members (excludes halogenated alkanes) is 12. The highest BCUT2D eigenvalue weighted by Crippen LogP contribution is 2.42. The Morgan fingerprint density at radius 2 is 1.48 bits per heavy atom. The Hall–Kier alpha value is -2.47. The second kappa shape index (κ2) is 18.9. The van der Waals surface area contributed by atoms with Gasteiger partial charge in [-0.25, -0.2) is 0 Å². The van der Waals surface area contributed by atoms with Crippen LogP contribution in [0.5, 0.6) is 5.75 Å². The number of ketones is 1. The molecule has 0 amide bonds. The molecule has 6 heteroatoms. The van der Waals surface area contributed by atoms with Crippen LogP contribution in [0, 0.1) is 5.92 Å². The van der Waals surface area contributed by atoms with Crippen LogP contribution in [0.3, 0.4) is 0 Å². The number of aldehydes is 1. The summed E-state index contributed by atoms with van der Waals surface area (Å²) in [6.45, 7) is 7.66. The summed E-state index contributed by atoms with van der Waals surface area (Å²) in [5, 5.41) is 11.2. The van der Waals surface area contributed by atoms with Crippen molar-refractivity contribution in [1.82, 2.24) is 0 Å². The topological polar surface area (TPSA) is 89.9 Å². The minimum Gasteiger partial charge on any atom is -0.496 e. The molecular weight excluding hydrogens is 528 g/mol. The highest BCUT2D eigenvalue weighted by atomic mass is 16.5. The molecule has 0 radical (unpaired) electrons. The summed E-state index contributed by atoms with van der Waals surface area (Å²) in [6, 6.07) is 1.77. The first kappa shape index (κ1) is 35.7. The first-order valence-electron chi connectivity index (χ1n) is 16.3. The molecule has 0 saturated heterocycles. The van der Waals surface area contributed by atoms with Crippen LogP contribution >= 0.6 is 0 Å². The van der Waals surface area contributed by atoms with E-state index in [4.69, 9.17) is 9.47 Å². The maximum Gasteiger partial charge on any atom is 0.306 e. The summed E-state index contributed by atoms with van der Waals surface area (Å²) in [6.07, 6.45) is 20.0. The third kappa shape index (κ3) is 12.0. The average molecular weight is 585 g/mol. The van der Waals surface area contributed by atoms with E-state index in [0.29, 0.717) is 36.1 Å². The van der Waals surface area contributed by atoms with Crippen LogP contribution in [0.25, 0.3) is 0 Å². The van der Waals surface area contributed by atoms with Gasteiger partial charge in [0.15, 0.2) is 12.1 Å². The molecule has 0 fully saturated rings. The van der Waals surface area contributed by atoms with Gasteiger partial charge in [-0.1, -0.05) is 89.5 Å². The van der Waals surface area contributed by atoms with Gasteiger partial charge < -0.3 is 14.6 Å². The van der Waals surface area contributed by atoms with E-state index in [1.807, 2.05) is 13.8 Å². The number of rotatable bonds is 22. The van der Waals surface area contributed by atoms with E-state index in [1.54, 1.807) is 26.2 Å². The Morgan fingerprint density at radius 1 is 0.929 bits per heavy atom. The zero-order valence-electron chi connectivity index (χ0n) is 27.0. The van der Waals surface area contributed by atoms with Crippen LogP contribution in [0.2, 0.25) is 0 Å². The zero-order valence-corrected chi connectivity index (χ0v) is 27.0. The molecule has 0 aliphatic heterocycles. The van der Waals surface area contributed by atoms with Gasteiger partial charge in [-0.05, 0) is 69.2 Å². The summed E-state index contributed by atoms with van der Waals surface area (Å²) in [7, 11) is 1.57. The molecule has 1 aromatic carbocycles. The normalized spacial score (nSPS) is 15.5. The van der Waals surface area contributed by atoms with Crippen molar-refractivity contribution in [2.24, 2.45) is 5.92 Å². The Labute approximate surface area is 254 Å². The van der Waals surface area contributed by atoms with Crippen molar-refractivity contribution in [2.75, 3.05) is 7.11 Å². The van der Waals surface area contributed by atoms with Gasteiger partial charge in [0.25, 0.3) is 0 Å². The number of methoxy groups -OCH3 is 1. The van der Waals surface area contributed by atoms with Gasteiger partial charge >= 0.3 is 5.97 Å². The number of hydrogen-bond acceptors (Lipinski definition) is 6. The monoisotopic (exact) mass is 584 g/mol. The fourth-order valence-corrected chi connectivity index (χ4v) is 6.13. The molecule has 2 rings (SSSR count). The summed E-state index contributed by atoms with van der Waals surface area (Å²) < 4.78 is 11.2. The number of carbonyl (C=O) groups excluding carboxylic acids is 3. The van der Waals surface area contributed by atoms with E-state index in [2.05, 4.69) is 6.92 Å². The Morgan fingerprint density at radius 3 is 2.00 bits per heavy atom. The molecule has 0 heterocycles. The lowest BCUT2D eigenvalue weighted by Gasteiger charge is -2.29. The first-order chi connectivity index (χ1) is 20.1. The van der Waals surface area contributed by atoms with E-state index in [-0.39, 0.29) is 30.7 Å². The lowest BCUT2D eigenvalue weighted by molar-refractivity contribution is -0.145. The fourth-order valence-electron chi connectivity index (χ4n) is 6.13. The van der Waals surface area contributed by atoms with Gasteiger partial charge in [-0.3, -0.25) is 14.4 Å². The molecule has 236 valence electrons. The quantitative estimate of drug-likeness (QED) is 0.0637. The largest absolute Gasteiger partial charge is 0.496 e. The average Bonchev–Trinajstić information content (AvgIpc) is 3.39. The van der Waals surface area contributed by atoms with Crippen molar-refractivity contribution in [2.45, 2.75) is 149 Å². The molecule has 1 aromatic rings. The number of hydrogen-bond donors (Lipinski definition) is 1. The highest BCUT2D eigenvalue weighted by molar-refractivity contribution is 5.91. The van der Waals surface area contributed by atoms with Crippen LogP contribution in [-0.4, -0.2) is 35.9 Å². The lowest BCUT2D eigenvalue weighted by atomic mass is 9.82. The number of fused-ring (bicyclic) bond motifs is 1. The molecule has 2 atom stereocenters. The molecular formula is C36H56O6. The SMILES string of the molecule is CCCCCCCCCCCCCCCC(=O)OCc1cc(OC)c2c(c1C=O)C[C@@H]([C@@](C)(O)CC(=O)C=C(C)C)C2. The molecule has 1 N–H and O–H groups in total. The van der Waals surface area contributed by atoms with Gasteiger partial charge in [0.05, 0.1) is 12.7 Å². The van der Waals surface area contributed by atoms with Crippen molar-refractivity contribution in [3.8, 4) is 5.75 Å². The minimum absolute atomic E-state index is 0.00904. The van der Waals surface area contributed by atoms with Crippen LogP contribution < -0.4 is 4.74 Å². The van der Waals surface area contributed by atoms with Crippen molar-refractivity contribution in [3.05, 3.63) is 40.0 Å². The maximum absolute atomic E-state index is 12.5. The number of esters is 1. The number of carbonyl (C=O) groups is 3. The molecule has 0 saturated carbocycles. The Balaban J connectivity index is 1.80. The first-order valence-corrected chi connectivity index (χ1v) is 16.3. The third-order valence-electron chi connectivity index (χ3n) is 8.61. The standard InChI is InChI=1S/C36H56O6/c1-6-7-8-9-10-11-12-13-14-15-16-17-18-19-35(39)42-26-28-21-34(41-5)32-23-29(22-31(32)33(28)25-37)36(4,40)24-30(38)20-27(2)3/h20-21,25,29,40H,6-19,22-24,26H2,1-5H3/t29-,36+/m1/s1. The van der Waals surface area contributed by atoms with Gasteiger partial charge in [0.2, 0.25) is 0 Å². The zero-order chi connectivity index (χ0) is 31.0. The molecule has 1 aliphatic carbocycles. The van der Waals surface area contributed by atoms with E-state index in [9.17, 15) is 19.5 Å². The van der Waals surface area contributed by atoms with Gasteiger partial charge in [-0.2, -0.15) is 0 Å². The van der Waals surface area contributed by atoms with E-state index in [0.717, 1.165) is 42.2 Å². The summed E-state index contributed by atoms with van der Waals surface area (Å²) in [4.78, 5) is 37.0. The summed E-state index contributed by atoms with van der Waals surface area (Å²) >= 11 is 0. The van der Waals surface area contributed by atoms with Crippen LogP contribution in [0.1, 0.15) is 151 Å². The second-order valence-corrected chi connectivity index (χ2v) is 12.7. The molecule has 0 aromatic heterocycles. The third-order valence-corrected chi connectivity index (χ3v) is 8.61. The molecule has 42 heavy (non-hydrogen) atoms. The van der Waals surface area contributed by atoms with Crippen LogP contribution in [-0.2, 0) is 33.8 Å². The van der Waals surface area contributed by atoms with Gasteiger partial charge in [-0.15, -0.1) is 0 Å². The second-order valence-electron chi connectivity index (χ2n) is 12.7. The molecule has 0 bridgehead atoms. The number of benzene rings is 1. The summed E-state index contributed by atoms with van der Waals surface area (Å²) in [5.41, 5.74) is 2.46. The molecule has 0 spiro atoms. The van der Waals surface area contributed by atoms with Gasteiger partial charge in [0.1, 0.15) is 12.4 Å². The molecule has 6 nitrogen and oxygen atoms in total. The van der Waals surface area contributed by atoms with Crippen molar-refractivity contribution in [3.63, 3.8) is 0 Å². The Kier molecular flexibility index (Phi) is 16.1. The van der Waals surface area contributed by atoms with Crippen LogP contribution in [0.15, 0.2) is 17.7 Å². The van der Waals surface area contributed by atoms with Gasteiger partial charge in [0, 0.05) is 24.0 Å². The summed E-state index contributed by atoms with van der Waals surface area (Å²) in [5.74, 6) is 0.0117. The smallest absolute Gasteiger partial charge is 0.306 e.